The van der Waals surface area contributed by atoms with Crippen molar-refractivity contribution in [3.05, 3.63) is 64.1 Å². The number of rotatable bonds is 4. The van der Waals surface area contributed by atoms with Gasteiger partial charge >= 0.3 is 0 Å². The van der Waals surface area contributed by atoms with Crippen molar-refractivity contribution in [2.45, 2.75) is 19.4 Å². The van der Waals surface area contributed by atoms with Gasteiger partial charge in [0.15, 0.2) is 5.82 Å². The van der Waals surface area contributed by atoms with Gasteiger partial charge in [0.25, 0.3) is 0 Å². The highest BCUT2D eigenvalue weighted by Gasteiger charge is 2.25. The summed E-state index contributed by atoms with van der Waals surface area (Å²) in [5.74, 6) is 1.43. The van der Waals surface area contributed by atoms with Crippen LogP contribution in [0.15, 0.2) is 36.5 Å². The number of nitrogens with one attached hydrogen (secondary N) is 1. The highest BCUT2D eigenvalue weighted by molar-refractivity contribution is 6.33. The van der Waals surface area contributed by atoms with E-state index in [9.17, 15) is 4.39 Å². The summed E-state index contributed by atoms with van der Waals surface area (Å²) in [7, 11) is 3.78. The van der Waals surface area contributed by atoms with Crippen LogP contribution < -0.4 is 15.0 Å². The molecule has 2 aliphatic heterocycles. The molecule has 0 saturated carbocycles. The van der Waals surface area contributed by atoms with Crippen LogP contribution in [0.1, 0.15) is 16.7 Å². The Labute approximate surface area is 185 Å². The molecule has 3 aromatic rings. The summed E-state index contributed by atoms with van der Waals surface area (Å²) in [6, 6.07) is 9.00. The smallest absolute Gasteiger partial charge is 0.229 e. The Hall–Kier alpha value is -2.90. The molecule has 0 fully saturated rings. The van der Waals surface area contributed by atoms with Crippen molar-refractivity contribution in [3.63, 3.8) is 0 Å². The highest BCUT2D eigenvalue weighted by Crippen LogP contribution is 2.38. The monoisotopic (exact) mass is 439 g/mol. The molecule has 0 bridgehead atoms. The van der Waals surface area contributed by atoms with Crippen LogP contribution >= 0.6 is 11.6 Å². The molecule has 2 aliphatic rings. The molecule has 3 heterocycles. The van der Waals surface area contributed by atoms with Gasteiger partial charge in [-0.3, -0.25) is 0 Å². The van der Waals surface area contributed by atoms with Crippen molar-refractivity contribution in [2.24, 2.45) is 0 Å². The summed E-state index contributed by atoms with van der Waals surface area (Å²) < 4.78 is 19.5. The van der Waals surface area contributed by atoms with Gasteiger partial charge in [-0.2, -0.15) is 4.98 Å². The molecule has 8 heteroatoms. The van der Waals surface area contributed by atoms with Crippen LogP contribution in [-0.4, -0.2) is 42.1 Å². The zero-order valence-corrected chi connectivity index (χ0v) is 18.2. The van der Waals surface area contributed by atoms with Gasteiger partial charge in [-0.15, -0.1) is 0 Å². The average Bonchev–Trinajstić information content (AvgIpc) is 3.17. The van der Waals surface area contributed by atoms with Crippen LogP contribution in [0, 0.1) is 5.82 Å². The molecule has 0 saturated heterocycles. The number of ether oxygens (including phenoxy) is 1. The average molecular weight is 440 g/mol. The SMILES string of the molecule is COc1cc2c(cc1Nc1ncc(Cl)c(N3CCc4ccc(F)cc43)n1)CN(C)CC2. The number of hydrogen-bond donors (Lipinski definition) is 1. The molecule has 0 unspecified atom stereocenters. The number of hydrogen-bond acceptors (Lipinski definition) is 6. The second kappa shape index (κ2) is 7.98. The van der Waals surface area contributed by atoms with E-state index in [0.717, 1.165) is 48.6 Å². The first-order valence-electron chi connectivity index (χ1n) is 10.3. The molecular formula is C23H23ClFN5O. The normalized spacial score (nSPS) is 15.5. The summed E-state index contributed by atoms with van der Waals surface area (Å²) in [5.41, 5.74) is 5.23. The van der Waals surface area contributed by atoms with Crippen molar-refractivity contribution in [1.82, 2.24) is 14.9 Å². The van der Waals surface area contributed by atoms with Gasteiger partial charge in [0.2, 0.25) is 5.95 Å². The van der Waals surface area contributed by atoms with E-state index in [4.69, 9.17) is 16.3 Å². The van der Waals surface area contributed by atoms with E-state index in [1.54, 1.807) is 13.3 Å². The van der Waals surface area contributed by atoms with Crippen LogP contribution in [0.3, 0.4) is 0 Å². The Morgan fingerprint density at radius 2 is 1.94 bits per heavy atom. The van der Waals surface area contributed by atoms with E-state index in [0.29, 0.717) is 23.3 Å². The van der Waals surface area contributed by atoms with E-state index >= 15 is 0 Å². The van der Waals surface area contributed by atoms with Gasteiger partial charge in [0.05, 0.1) is 19.0 Å². The third kappa shape index (κ3) is 3.79. The predicted molar refractivity (Wildman–Crippen MR) is 120 cm³/mol. The van der Waals surface area contributed by atoms with Crippen LogP contribution in [0.2, 0.25) is 5.02 Å². The number of aromatic nitrogens is 2. The van der Waals surface area contributed by atoms with Gasteiger partial charge < -0.3 is 19.9 Å². The standard InChI is InChI=1S/C23H23ClFN5O/c1-29-7-5-15-10-21(31-2)19(9-16(15)13-29)27-23-26-12-18(24)22(28-23)30-8-6-14-3-4-17(25)11-20(14)30/h3-4,9-12H,5-8,13H2,1-2H3,(H,26,27,28). The van der Waals surface area contributed by atoms with Crippen LogP contribution in [0.25, 0.3) is 0 Å². The molecule has 0 radical (unpaired) electrons. The Bertz CT molecular complexity index is 1160. The predicted octanol–water partition coefficient (Wildman–Crippen LogP) is 4.70. The third-order valence-electron chi connectivity index (χ3n) is 5.90. The number of fused-ring (bicyclic) bond motifs is 2. The van der Waals surface area contributed by atoms with Crippen molar-refractivity contribution >= 4 is 34.7 Å². The maximum Gasteiger partial charge on any atom is 0.229 e. The Kier molecular flexibility index (Phi) is 5.16. The molecule has 6 nitrogen and oxygen atoms in total. The lowest BCUT2D eigenvalue weighted by Crippen LogP contribution is -2.26. The van der Waals surface area contributed by atoms with Gasteiger partial charge in [-0.1, -0.05) is 17.7 Å². The molecule has 5 rings (SSSR count). The molecule has 2 aromatic carbocycles. The van der Waals surface area contributed by atoms with Crippen LogP contribution in [-0.2, 0) is 19.4 Å². The fraction of sp³-hybridized carbons (Fsp3) is 0.304. The number of anilines is 4. The number of nitrogens with zero attached hydrogens (tertiary/aromatic N) is 4. The molecule has 1 aromatic heterocycles. The summed E-state index contributed by atoms with van der Waals surface area (Å²) >= 11 is 6.44. The minimum atomic E-state index is -0.280. The largest absolute Gasteiger partial charge is 0.495 e. The summed E-state index contributed by atoms with van der Waals surface area (Å²) in [4.78, 5) is 13.3. The van der Waals surface area contributed by atoms with Gasteiger partial charge in [0, 0.05) is 25.3 Å². The minimum Gasteiger partial charge on any atom is -0.495 e. The second-order valence-electron chi connectivity index (χ2n) is 7.97. The minimum absolute atomic E-state index is 0.280. The van der Waals surface area contributed by atoms with Crippen molar-refractivity contribution in [1.29, 1.82) is 0 Å². The number of halogens is 2. The lowest BCUT2D eigenvalue weighted by atomic mass is 9.99. The van der Waals surface area contributed by atoms with E-state index in [-0.39, 0.29) is 5.82 Å². The van der Waals surface area contributed by atoms with E-state index < -0.39 is 0 Å². The first-order valence-corrected chi connectivity index (χ1v) is 10.6. The van der Waals surface area contributed by atoms with Crippen LogP contribution in [0.4, 0.5) is 27.5 Å². The van der Waals surface area contributed by atoms with Crippen LogP contribution in [0.5, 0.6) is 5.75 Å². The molecule has 1 N–H and O–H groups in total. The van der Waals surface area contributed by atoms with Gasteiger partial charge in [-0.05, 0) is 60.8 Å². The lowest BCUT2D eigenvalue weighted by Gasteiger charge is -2.26. The van der Waals surface area contributed by atoms with E-state index in [1.807, 2.05) is 11.0 Å². The lowest BCUT2D eigenvalue weighted by molar-refractivity contribution is 0.312. The molecule has 160 valence electrons. The Morgan fingerprint density at radius 3 is 2.77 bits per heavy atom. The number of benzene rings is 2. The molecule has 31 heavy (non-hydrogen) atoms. The van der Waals surface area contributed by atoms with Crippen molar-refractivity contribution < 1.29 is 9.13 Å². The number of likely N-dealkylation sites (N-methyl/N-ethyl adjacent to an activating group) is 1. The maximum absolute atomic E-state index is 13.8. The number of methoxy groups -OCH3 is 1. The fourth-order valence-electron chi connectivity index (χ4n) is 4.29. The summed E-state index contributed by atoms with van der Waals surface area (Å²) in [5, 5.41) is 3.71. The fourth-order valence-corrected chi connectivity index (χ4v) is 4.49. The van der Waals surface area contributed by atoms with Crippen molar-refractivity contribution in [2.75, 3.05) is 37.5 Å². The highest BCUT2D eigenvalue weighted by atomic mass is 35.5. The van der Waals surface area contributed by atoms with E-state index in [2.05, 4.69) is 39.4 Å². The zero-order valence-electron chi connectivity index (χ0n) is 17.5. The molecule has 0 atom stereocenters. The Balaban J connectivity index is 1.49. The second-order valence-corrected chi connectivity index (χ2v) is 8.38. The van der Waals surface area contributed by atoms with E-state index in [1.165, 1.54) is 23.3 Å². The first-order chi connectivity index (χ1) is 15.0. The summed E-state index contributed by atoms with van der Waals surface area (Å²) in [6.45, 7) is 2.60. The maximum atomic E-state index is 13.8. The molecule has 0 spiro atoms. The van der Waals surface area contributed by atoms with Gasteiger partial charge in [0.1, 0.15) is 16.6 Å². The third-order valence-corrected chi connectivity index (χ3v) is 6.16. The van der Waals surface area contributed by atoms with Crippen molar-refractivity contribution in [3.8, 4) is 5.75 Å². The quantitative estimate of drug-likeness (QED) is 0.635. The summed E-state index contributed by atoms with van der Waals surface area (Å²) in [6.07, 6.45) is 3.38. The van der Waals surface area contributed by atoms with Gasteiger partial charge in [-0.25, -0.2) is 9.37 Å². The molecular weight excluding hydrogens is 417 g/mol. The Morgan fingerprint density at radius 1 is 1.10 bits per heavy atom. The molecule has 0 aliphatic carbocycles. The molecule has 0 amide bonds. The zero-order chi connectivity index (χ0) is 21.5. The first kappa shape index (κ1) is 20.0. The topological polar surface area (TPSA) is 53.5 Å².